The zero-order chi connectivity index (χ0) is 12.8. The van der Waals surface area contributed by atoms with Crippen molar-refractivity contribution in [3.05, 3.63) is 10.6 Å². The fourth-order valence-electron chi connectivity index (χ4n) is 2.94. The number of aromatic nitrogens is 2. The van der Waals surface area contributed by atoms with E-state index in [1.54, 1.807) is 11.5 Å². The Hall–Kier alpha value is -0.480. The fourth-order valence-corrected chi connectivity index (χ4v) is 3.75. The highest BCUT2D eigenvalue weighted by Crippen LogP contribution is 2.35. The molecule has 1 N–H and O–H groups in total. The molecular weight excluding hydrogens is 242 g/mol. The predicted molar refractivity (Wildman–Crippen MR) is 76.9 cm³/mol. The molecule has 0 amide bonds. The minimum absolute atomic E-state index is 0.489. The Morgan fingerprint density at radius 3 is 2.56 bits per heavy atom. The van der Waals surface area contributed by atoms with Gasteiger partial charge in [-0.2, -0.15) is 0 Å². The van der Waals surface area contributed by atoms with Crippen LogP contribution in [0.1, 0.15) is 68.5 Å². The minimum atomic E-state index is 0.489. The lowest BCUT2D eigenvalue weighted by Crippen LogP contribution is -2.28. The Balaban J connectivity index is 2.10. The number of rotatable bonds is 5. The summed E-state index contributed by atoms with van der Waals surface area (Å²) in [6, 6.07) is 0.489. The smallest absolute Gasteiger partial charge is 0.0772 e. The van der Waals surface area contributed by atoms with Crippen LogP contribution in [-0.2, 0) is 0 Å². The summed E-state index contributed by atoms with van der Waals surface area (Å²) in [5.41, 5.74) is 1.12. The van der Waals surface area contributed by atoms with E-state index in [1.807, 2.05) is 0 Å². The fraction of sp³-hybridized carbons (Fsp3) is 0.857. The molecule has 0 aromatic carbocycles. The SMILES string of the molecule is CCCNC(c1snnc1C)C1CCCCCC1. The van der Waals surface area contributed by atoms with E-state index in [9.17, 15) is 0 Å². The molecular formula is C14H25N3S. The van der Waals surface area contributed by atoms with Crippen LogP contribution in [0, 0.1) is 12.8 Å². The Kier molecular flexibility index (Phi) is 5.57. The van der Waals surface area contributed by atoms with Crippen LogP contribution in [0.2, 0.25) is 0 Å². The van der Waals surface area contributed by atoms with Gasteiger partial charge in [0.2, 0.25) is 0 Å². The van der Waals surface area contributed by atoms with E-state index in [2.05, 4.69) is 28.8 Å². The molecule has 1 saturated carbocycles. The van der Waals surface area contributed by atoms with Crippen LogP contribution in [0.25, 0.3) is 0 Å². The van der Waals surface area contributed by atoms with Gasteiger partial charge in [0.1, 0.15) is 0 Å². The van der Waals surface area contributed by atoms with Crippen LogP contribution >= 0.6 is 11.5 Å². The first kappa shape index (κ1) is 13.9. The monoisotopic (exact) mass is 267 g/mol. The number of nitrogens with zero attached hydrogens (tertiary/aromatic N) is 2. The quantitative estimate of drug-likeness (QED) is 0.823. The standard InChI is InChI=1S/C14H25N3S/c1-3-10-15-13(14-11(2)16-17-18-14)12-8-6-4-5-7-9-12/h12-13,15H,3-10H2,1-2H3. The van der Waals surface area contributed by atoms with Crippen molar-refractivity contribution in [1.29, 1.82) is 0 Å². The molecule has 102 valence electrons. The summed E-state index contributed by atoms with van der Waals surface area (Å²) in [6.07, 6.45) is 9.51. The van der Waals surface area contributed by atoms with Gasteiger partial charge in [0.15, 0.2) is 0 Å². The maximum atomic E-state index is 4.19. The van der Waals surface area contributed by atoms with Crippen molar-refractivity contribution in [3.8, 4) is 0 Å². The van der Waals surface area contributed by atoms with Crippen molar-refractivity contribution >= 4 is 11.5 Å². The van der Waals surface area contributed by atoms with Crippen molar-refractivity contribution in [2.75, 3.05) is 6.54 Å². The summed E-state index contributed by atoms with van der Waals surface area (Å²) in [4.78, 5) is 1.37. The summed E-state index contributed by atoms with van der Waals surface area (Å²) >= 11 is 1.58. The van der Waals surface area contributed by atoms with Gasteiger partial charge in [0.25, 0.3) is 0 Å². The number of aryl methyl sites for hydroxylation is 1. The lowest BCUT2D eigenvalue weighted by molar-refractivity contribution is 0.328. The molecule has 0 spiro atoms. The first-order chi connectivity index (χ1) is 8.83. The topological polar surface area (TPSA) is 37.8 Å². The third kappa shape index (κ3) is 3.51. The average molecular weight is 267 g/mol. The molecule has 3 nitrogen and oxygen atoms in total. The van der Waals surface area contributed by atoms with Crippen molar-refractivity contribution in [3.63, 3.8) is 0 Å². The van der Waals surface area contributed by atoms with Gasteiger partial charge in [-0.3, -0.25) is 0 Å². The lowest BCUT2D eigenvalue weighted by atomic mass is 9.90. The van der Waals surface area contributed by atoms with Crippen LogP contribution < -0.4 is 5.32 Å². The van der Waals surface area contributed by atoms with Gasteiger partial charge in [0.05, 0.1) is 10.6 Å². The highest BCUT2D eigenvalue weighted by molar-refractivity contribution is 7.05. The number of hydrogen-bond acceptors (Lipinski definition) is 4. The Labute approximate surface area is 115 Å². The normalized spacial score (nSPS) is 19.7. The molecule has 1 aliphatic carbocycles. The highest BCUT2D eigenvalue weighted by Gasteiger charge is 2.26. The van der Waals surface area contributed by atoms with E-state index < -0.39 is 0 Å². The van der Waals surface area contributed by atoms with Crippen LogP contribution in [0.5, 0.6) is 0 Å². The third-order valence-corrected chi connectivity index (χ3v) is 4.86. The summed E-state index contributed by atoms with van der Waals surface area (Å²) < 4.78 is 4.12. The molecule has 1 aliphatic rings. The van der Waals surface area contributed by atoms with Crippen LogP contribution in [0.4, 0.5) is 0 Å². The van der Waals surface area contributed by atoms with Gasteiger partial charge >= 0.3 is 0 Å². The first-order valence-corrected chi connectivity index (χ1v) is 8.12. The molecule has 4 heteroatoms. The van der Waals surface area contributed by atoms with Gasteiger partial charge in [-0.1, -0.05) is 37.1 Å². The second-order valence-electron chi connectivity index (χ2n) is 5.41. The molecule has 1 heterocycles. The Bertz CT molecular complexity index is 343. The molecule has 1 atom stereocenters. The molecule has 2 rings (SSSR count). The maximum Gasteiger partial charge on any atom is 0.0772 e. The maximum absolute atomic E-state index is 4.19. The largest absolute Gasteiger partial charge is 0.309 e. The van der Waals surface area contributed by atoms with E-state index in [4.69, 9.17) is 0 Å². The zero-order valence-corrected chi connectivity index (χ0v) is 12.4. The summed E-state index contributed by atoms with van der Waals surface area (Å²) in [7, 11) is 0. The zero-order valence-electron chi connectivity index (χ0n) is 11.6. The van der Waals surface area contributed by atoms with Gasteiger partial charge in [0, 0.05) is 6.04 Å². The van der Waals surface area contributed by atoms with E-state index in [0.717, 1.165) is 18.2 Å². The first-order valence-electron chi connectivity index (χ1n) is 7.35. The van der Waals surface area contributed by atoms with Gasteiger partial charge in [-0.05, 0) is 50.2 Å². The molecule has 0 bridgehead atoms. The molecule has 1 fully saturated rings. The second kappa shape index (κ2) is 7.19. The van der Waals surface area contributed by atoms with E-state index in [-0.39, 0.29) is 0 Å². The molecule has 1 aromatic rings. The molecule has 0 aliphatic heterocycles. The highest BCUT2D eigenvalue weighted by atomic mass is 32.1. The third-order valence-electron chi connectivity index (χ3n) is 3.95. The summed E-state index contributed by atoms with van der Waals surface area (Å²) in [5.74, 6) is 0.778. The molecule has 1 unspecified atom stereocenters. The Morgan fingerprint density at radius 2 is 2.00 bits per heavy atom. The van der Waals surface area contributed by atoms with Crippen molar-refractivity contribution in [2.45, 2.75) is 64.8 Å². The Morgan fingerprint density at radius 1 is 1.28 bits per heavy atom. The number of nitrogens with one attached hydrogen (secondary N) is 1. The second-order valence-corrected chi connectivity index (χ2v) is 6.19. The lowest BCUT2D eigenvalue weighted by Gasteiger charge is -2.26. The van der Waals surface area contributed by atoms with Crippen molar-refractivity contribution in [1.82, 2.24) is 14.9 Å². The van der Waals surface area contributed by atoms with Gasteiger partial charge < -0.3 is 5.32 Å². The van der Waals surface area contributed by atoms with E-state index in [1.165, 1.54) is 49.8 Å². The van der Waals surface area contributed by atoms with Gasteiger partial charge in [-0.25, -0.2) is 0 Å². The number of hydrogen-bond donors (Lipinski definition) is 1. The summed E-state index contributed by atoms with van der Waals surface area (Å²) in [5, 5.41) is 7.93. The van der Waals surface area contributed by atoms with E-state index in [0.29, 0.717) is 6.04 Å². The van der Waals surface area contributed by atoms with E-state index >= 15 is 0 Å². The predicted octanol–water partition coefficient (Wildman–Crippen LogP) is 3.86. The average Bonchev–Trinajstić information content (AvgIpc) is 2.65. The van der Waals surface area contributed by atoms with Crippen molar-refractivity contribution < 1.29 is 0 Å². The van der Waals surface area contributed by atoms with Gasteiger partial charge in [-0.15, -0.1) is 5.10 Å². The molecule has 0 saturated heterocycles. The molecule has 18 heavy (non-hydrogen) atoms. The van der Waals surface area contributed by atoms with Crippen LogP contribution in [-0.4, -0.2) is 16.1 Å². The van der Waals surface area contributed by atoms with Crippen molar-refractivity contribution in [2.24, 2.45) is 5.92 Å². The minimum Gasteiger partial charge on any atom is -0.309 e. The molecule has 1 aromatic heterocycles. The van der Waals surface area contributed by atoms with Crippen LogP contribution in [0.15, 0.2) is 0 Å². The summed E-state index contributed by atoms with van der Waals surface area (Å²) in [6.45, 7) is 5.42. The van der Waals surface area contributed by atoms with Crippen LogP contribution in [0.3, 0.4) is 0 Å². The molecule has 0 radical (unpaired) electrons.